The van der Waals surface area contributed by atoms with Crippen molar-refractivity contribution < 1.29 is 9.90 Å². The molecule has 1 fully saturated rings. The molecule has 2 aromatic rings. The smallest absolute Gasteiger partial charge is 0.219 e. The van der Waals surface area contributed by atoms with Crippen LogP contribution in [0.2, 0.25) is 0 Å². The van der Waals surface area contributed by atoms with Crippen molar-refractivity contribution in [3.63, 3.8) is 0 Å². The molecule has 1 saturated heterocycles. The fourth-order valence-corrected chi connectivity index (χ4v) is 3.88. The predicted octanol–water partition coefficient (Wildman–Crippen LogP) is 1.68. The molecule has 3 atom stereocenters. The molecule has 0 aliphatic carbocycles. The number of aromatic nitrogens is 2. The van der Waals surface area contributed by atoms with Gasteiger partial charge in [0.1, 0.15) is 0 Å². The van der Waals surface area contributed by atoms with Gasteiger partial charge in [-0.3, -0.25) is 4.79 Å². The lowest BCUT2D eigenvalue weighted by Crippen LogP contribution is -2.48. The average molecular weight is 297 g/mol. The monoisotopic (exact) mass is 297 g/mol. The first-order chi connectivity index (χ1) is 10.7. The van der Waals surface area contributed by atoms with Crippen molar-refractivity contribution in [1.29, 1.82) is 0 Å². The molecule has 0 radical (unpaired) electrons. The fraction of sp³-hybridized carbons (Fsp3) is 0.412. The molecule has 5 heteroatoms. The van der Waals surface area contributed by atoms with Crippen LogP contribution >= 0.6 is 0 Å². The summed E-state index contributed by atoms with van der Waals surface area (Å²) in [6.45, 7) is 2.82. The number of amides is 1. The van der Waals surface area contributed by atoms with Gasteiger partial charge in [-0.25, -0.2) is 4.98 Å². The van der Waals surface area contributed by atoms with E-state index in [9.17, 15) is 9.90 Å². The van der Waals surface area contributed by atoms with Gasteiger partial charge in [-0.05, 0) is 12.0 Å². The summed E-state index contributed by atoms with van der Waals surface area (Å²) < 4.78 is 2.14. The highest BCUT2D eigenvalue weighted by molar-refractivity contribution is 5.73. The number of imidazole rings is 1. The second-order valence-electron chi connectivity index (χ2n) is 6.20. The summed E-state index contributed by atoms with van der Waals surface area (Å²) in [5.41, 5.74) is 3.49. The van der Waals surface area contributed by atoms with Crippen molar-refractivity contribution in [2.24, 2.45) is 5.92 Å². The van der Waals surface area contributed by atoms with E-state index in [4.69, 9.17) is 0 Å². The van der Waals surface area contributed by atoms with Crippen molar-refractivity contribution in [3.8, 4) is 11.3 Å². The normalized spacial score (nSPS) is 26.6. The SMILES string of the molecule is CC(=O)N1CC[C@@H](O)[C@H]([C@H]2c3ccccc3-c3cncn32)C1. The van der Waals surface area contributed by atoms with Crippen molar-refractivity contribution in [3.05, 3.63) is 42.4 Å². The van der Waals surface area contributed by atoms with Crippen molar-refractivity contribution in [2.75, 3.05) is 13.1 Å². The topological polar surface area (TPSA) is 58.4 Å². The number of nitrogens with zero attached hydrogens (tertiary/aromatic N) is 3. The second kappa shape index (κ2) is 4.95. The lowest BCUT2D eigenvalue weighted by atomic mass is 9.84. The van der Waals surface area contributed by atoms with E-state index in [-0.39, 0.29) is 17.9 Å². The van der Waals surface area contributed by atoms with E-state index in [1.165, 1.54) is 11.1 Å². The molecule has 0 saturated carbocycles. The highest BCUT2D eigenvalue weighted by Crippen LogP contribution is 2.44. The molecule has 5 nitrogen and oxygen atoms in total. The molecule has 2 aliphatic rings. The maximum absolute atomic E-state index is 11.7. The first-order valence-electron chi connectivity index (χ1n) is 7.71. The number of benzene rings is 1. The molecule has 2 aliphatic heterocycles. The van der Waals surface area contributed by atoms with Crippen LogP contribution in [0.4, 0.5) is 0 Å². The Kier molecular flexibility index (Phi) is 3.04. The van der Waals surface area contributed by atoms with Gasteiger partial charge in [0.05, 0.1) is 30.4 Å². The van der Waals surface area contributed by atoms with Gasteiger partial charge in [0, 0.05) is 31.5 Å². The number of rotatable bonds is 1. The van der Waals surface area contributed by atoms with Gasteiger partial charge in [-0.2, -0.15) is 0 Å². The molecule has 3 heterocycles. The third-order valence-electron chi connectivity index (χ3n) is 4.99. The average Bonchev–Trinajstić information content (AvgIpc) is 3.08. The molecule has 22 heavy (non-hydrogen) atoms. The number of carbonyl (C=O) groups is 1. The molecule has 4 rings (SSSR count). The lowest BCUT2D eigenvalue weighted by Gasteiger charge is -2.39. The van der Waals surface area contributed by atoms with Crippen molar-refractivity contribution in [1.82, 2.24) is 14.5 Å². The van der Waals surface area contributed by atoms with Crippen molar-refractivity contribution >= 4 is 5.91 Å². The Morgan fingerprint density at radius 3 is 3.00 bits per heavy atom. The standard InChI is InChI=1S/C17H19N3O2/c1-11(21)19-7-6-16(22)14(9-19)17-13-5-3-2-4-12(13)15-8-18-10-20(15)17/h2-5,8,10,14,16-17,22H,6-7,9H2,1H3/t14-,16-,17-/m1/s1. The predicted molar refractivity (Wildman–Crippen MR) is 82.2 cm³/mol. The summed E-state index contributed by atoms with van der Waals surface area (Å²) >= 11 is 0. The molecular formula is C17H19N3O2. The van der Waals surface area contributed by atoms with Crippen molar-refractivity contribution in [2.45, 2.75) is 25.5 Å². The van der Waals surface area contributed by atoms with Crippen LogP contribution in [0.15, 0.2) is 36.8 Å². The van der Waals surface area contributed by atoms with Gasteiger partial charge in [-0.15, -0.1) is 0 Å². The number of carbonyl (C=O) groups excluding carboxylic acids is 1. The van der Waals surface area contributed by atoms with Crippen LogP contribution in [-0.4, -0.2) is 44.7 Å². The number of likely N-dealkylation sites (tertiary alicyclic amines) is 1. The van der Waals surface area contributed by atoms with Crippen LogP contribution in [-0.2, 0) is 4.79 Å². The van der Waals surface area contributed by atoms with E-state index >= 15 is 0 Å². The van der Waals surface area contributed by atoms with Gasteiger partial charge >= 0.3 is 0 Å². The van der Waals surface area contributed by atoms with E-state index in [1.807, 2.05) is 29.6 Å². The van der Waals surface area contributed by atoms with Gasteiger partial charge in [0.2, 0.25) is 5.91 Å². The highest BCUT2D eigenvalue weighted by Gasteiger charge is 2.40. The number of hydrogen-bond donors (Lipinski definition) is 1. The Bertz CT molecular complexity index is 724. The summed E-state index contributed by atoms with van der Waals surface area (Å²) in [6.07, 6.45) is 3.94. The molecule has 1 aromatic heterocycles. The van der Waals surface area contributed by atoms with Crippen LogP contribution in [0.3, 0.4) is 0 Å². The Balaban J connectivity index is 1.77. The molecule has 0 unspecified atom stereocenters. The lowest BCUT2D eigenvalue weighted by molar-refractivity contribution is -0.133. The molecule has 0 bridgehead atoms. The van der Waals surface area contributed by atoms with Crippen LogP contribution in [0.5, 0.6) is 0 Å². The second-order valence-corrected chi connectivity index (χ2v) is 6.20. The van der Waals surface area contributed by atoms with E-state index in [0.717, 1.165) is 5.69 Å². The Morgan fingerprint density at radius 1 is 1.36 bits per heavy atom. The van der Waals surface area contributed by atoms with Gasteiger partial charge in [0.25, 0.3) is 0 Å². The molecule has 1 amide bonds. The van der Waals surface area contributed by atoms with E-state index in [1.54, 1.807) is 6.92 Å². The summed E-state index contributed by atoms with van der Waals surface area (Å²) in [4.78, 5) is 17.8. The maximum Gasteiger partial charge on any atom is 0.219 e. The maximum atomic E-state index is 11.7. The zero-order valence-electron chi connectivity index (χ0n) is 12.5. The quantitative estimate of drug-likeness (QED) is 0.871. The molecular weight excluding hydrogens is 278 g/mol. The Hall–Kier alpha value is -2.14. The van der Waals surface area contributed by atoms with Crippen LogP contribution in [0, 0.1) is 5.92 Å². The largest absolute Gasteiger partial charge is 0.393 e. The van der Waals surface area contributed by atoms with E-state index in [0.29, 0.717) is 19.5 Å². The molecule has 1 N–H and O–H groups in total. The van der Waals surface area contributed by atoms with E-state index < -0.39 is 6.10 Å². The third-order valence-corrected chi connectivity index (χ3v) is 4.99. The summed E-state index contributed by atoms with van der Waals surface area (Å²) in [5.74, 6) is 0.0725. The van der Waals surface area contributed by atoms with E-state index in [2.05, 4.69) is 21.7 Å². The number of piperidine rings is 1. The number of aliphatic hydroxyl groups excluding tert-OH is 1. The molecule has 1 aromatic carbocycles. The first kappa shape index (κ1) is 13.5. The third kappa shape index (κ3) is 1.89. The first-order valence-corrected chi connectivity index (χ1v) is 7.71. The molecule has 0 spiro atoms. The Labute approximate surface area is 129 Å². The van der Waals surface area contributed by atoms with Crippen LogP contribution in [0.25, 0.3) is 11.3 Å². The van der Waals surface area contributed by atoms with Gasteiger partial charge < -0.3 is 14.6 Å². The van der Waals surface area contributed by atoms with Crippen LogP contribution < -0.4 is 0 Å². The Morgan fingerprint density at radius 2 is 2.18 bits per heavy atom. The molecule has 114 valence electrons. The van der Waals surface area contributed by atoms with Gasteiger partial charge in [-0.1, -0.05) is 24.3 Å². The highest BCUT2D eigenvalue weighted by atomic mass is 16.3. The minimum absolute atomic E-state index is 0.00532. The van der Waals surface area contributed by atoms with Gasteiger partial charge in [0.15, 0.2) is 0 Å². The minimum Gasteiger partial charge on any atom is -0.393 e. The number of aliphatic hydroxyl groups is 1. The zero-order chi connectivity index (χ0) is 15.3. The zero-order valence-corrected chi connectivity index (χ0v) is 12.5. The minimum atomic E-state index is -0.401. The van der Waals surface area contributed by atoms with Crippen LogP contribution in [0.1, 0.15) is 24.9 Å². The fourth-order valence-electron chi connectivity index (χ4n) is 3.88. The number of hydrogen-bond acceptors (Lipinski definition) is 3. The summed E-state index contributed by atoms with van der Waals surface area (Å²) in [7, 11) is 0. The summed E-state index contributed by atoms with van der Waals surface area (Å²) in [5, 5.41) is 10.5. The number of fused-ring (bicyclic) bond motifs is 3. The summed E-state index contributed by atoms with van der Waals surface area (Å²) in [6, 6.07) is 8.32.